The number of pyridine rings is 1. The van der Waals surface area contributed by atoms with Gasteiger partial charge in [0.15, 0.2) is 0 Å². The van der Waals surface area contributed by atoms with Crippen molar-refractivity contribution in [3.8, 4) is 0 Å². The number of anilines is 1. The van der Waals surface area contributed by atoms with Crippen molar-refractivity contribution in [1.29, 1.82) is 0 Å². The topological polar surface area (TPSA) is 79.6 Å². The van der Waals surface area contributed by atoms with Crippen molar-refractivity contribution in [2.45, 2.75) is 0 Å². The smallest absolute Gasteiger partial charge is 0.287 e. The van der Waals surface area contributed by atoms with E-state index < -0.39 is 28.0 Å². The highest BCUT2D eigenvalue weighted by atomic mass is 19.1. The summed E-state index contributed by atoms with van der Waals surface area (Å²) in [6.07, 6.45) is 1.17. The Hall–Kier alpha value is -3.10. The Kier molecular flexibility index (Phi) is 4.55. The summed E-state index contributed by atoms with van der Waals surface area (Å²) < 4.78 is 27.5. The zero-order valence-electron chi connectivity index (χ0n) is 13.1. The number of hydrogen-bond acceptors (Lipinski definition) is 5. The maximum atomic E-state index is 13.7. The number of nitrogens with zero attached hydrogens (tertiary/aromatic N) is 4. The normalized spacial score (nSPS) is 14.5. The molecule has 1 amide bonds. The molecule has 1 aliphatic heterocycles. The molecule has 7 nitrogen and oxygen atoms in total. The predicted molar refractivity (Wildman–Crippen MR) is 85.4 cm³/mol. The second-order valence-corrected chi connectivity index (χ2v) is 5.51. The van der Waals surface area contributed by atoms with Crippen LogP contribution in [0.2, 0.25) is 0 Å². The third-order valence-corrected chi connectivity index (χ3v) is 4.01. The Morgan fingerprint density at radius 3 is 2.24 bits per heavy atom. The molecule has 0 saturated carbocycles. The lowest BCUT2D eigenvalue weighted by Crippen LogP contribution is -2.49. The number of benzene rings is 1. The van der Waals surface area contributed by atoms with Gasteiger partial charge in [0, 0.05) is 32.2 Å². The lowest BCUT2D eigenvalue weighted by atomic mass is 10.1. The van der Waals surface area contributed by atoms with Gasteiger partial charge >= 0.3 is 0 Å². The molecule has 0 unspecified atom stereocenters. The number of nitro groups is 1. The van der Waals surface area contributed by atoms with Crippen molar-refractivity contribution in [2.24, 2.45) is 0 Å². The minimum absolute atomic E-state index is 0.104. The van der Waals surface area contributed by atoms with Crippen molar-refractivity contribution >= 4 is 17.4 Å². The molecule has 9 heteroatoms. The molecule has 0 spiro atoms. The average Bonchev–Trinajstić information content (AvgIpc) is 2.61. The lowest BCUT2D eigenvalue weighted by molar-refractivity contribution is -0.385. The molecule has 3 rings (SSSR count). The predicted octanol–water partition coefficient (Wildman–Crippen LogP) is 2.23. The quantitative estimate of drug-likeness (QED) is 0.628. The van der Waals surface area contributed by atoms with Crippen LogP contribution >= 0.6 is 0 Å². The molecule has 0 aliphatic carbocycles. The molecule has 1 aromatic carbocycles. The number of halogens is 2. The van der Waals surface area contributed by atoms with Crippen molar-refractivity contribution < 1.29 is 18.5 Å². The van der Waals surface area contributed by atoms with E-state index in [9.17, 15) is 23.7 Å². The van der Waals surface area contributed by atoms with Crippen LogP contribution in [0.4, 0.5) is 20.3 Å². The fraction of sp³-hybridized carbons (Fsp3) is 0.250. The Labute approximate surface area is 141 Å². The monoisotopic (exact) mass is 348 g/mol. The molecular weight excluding hydrogens is 334 g/mol. The van der Waals surface area contributed by atoms with Gasteiger partial charge in [-0.3, -0.25) is 14.9 Å². The van der Waals surface area contributed by atoms with Gasteiger partial charge in [-0.25, -0.2) is 13.8 Å². The summed E-state index contributed by atoms with van der Waals surface area (Å²) in [7, 11) is 0. The highest BCUT2D eigenvalue weighted by Gasteiger charge is 2.27. The Balaban J connectivity index is 1.67. The van der Waals surface area contributed by atoms with Crippen LogP contribution < -0.4 is 4.90 Å². The molecule has 2 aromatic rings. The van der Waals surface area contributed by atoms with Crippen LogP contribution in [0.1, 0.15) is 10.4 Å². The molecule has 1 fully saturated rings. The average molecular weight is 348 g/mol. The van der Waals surface area contributed by atoms with Crippen LogP contribution in [-0.4, -0.2) is 46.9 Å². The third kappa shape index (κ3) is 3.39. The number of carbonyl (C=O) groups excluding carboxylic acids is 1. The van der Waals surface area contributed by atoms with Gasteiger partial charge < -0.3 is 9.80 Å². The van der Waals surface area contributed by atoms with E-state index in [0.29, 0.717) is 18.9 Å². The fourth-order valence-corrected chi connectivity index (χ4v) is 2.67. The maximum absolute atomic E-state index is 13.7. The number of carbonyl (C=O) groups is 1. The molecule has 1 aliphatic rings. The van der Waals surface area contributed by atoms with E-state index in [1.807, 2.05) is 4.90 Å². The molecule has 0 radical (unpaired) electrons. The van der Waals surface area contributed by atoms with Gasteiger partial charge in [-0.15, -0.1) is 0 Å². The van der Waals surface area contributed by atoms with Crippen LogP contribution in [0.3, 0.4) is 0 Å². The first-order valence-corrected chi connectivity index (χ1v) is 7.56. The van der Waals surface area contributed by atoms with Crippen molar-refractivity contribution in [3.63, 3.8) is 0 Å². The Morgan fingerprint density at radius 1 is 1.08 bits per heavy atom. The third-order valence-electron chi connectivity index (χ3n) is 4.01. The Bertz CT molecular complexity index is 785. The summed E-state index contributed by atoms with van der Waals surface area (Å²) >= 11 is 0. The largest absolute Gasteiger partial charge is 0.353 e. The zero-order chi connectivity index (χ0) is 18.0. The van der Waals surface area contributed by atoms with Crippen LogP contribution in [0.15, 0.2) is 36.5 Å². The van der Waals surface area contributed by atoms with E-state index in [0.717, 1.165) is 12.1 Å². The molecule has 0 N–H and O–H groups in total. The molecular formula is C16H14F2N4O3. The first kappa shape index (κ1) is 16.7. The molecule has 0 atom stereocenters. The van der Waals surface area contributed by atoms with E-state index >= 15 is 0 Å². The maximum Gasteiger partial charge on any atom is 0.287 e. The van der Waals surface area contributed by atoms with E-state index in [1.165, 1.54) is 29.3 Å². The van der Waals surface area contributed by atoms with Gasteiger partial charge in [-0.05, 0) is 18.2 Å². The number of amides is 1. The van der Waals surface area contributed by atoms with Gasteiger partial charge in [-0.2, -0.15) is 0 Å². The van der Waals surface area contributed by atoms with Gasteiger partial charge in [0.2, 0.25) is 0 Å². The van der Waals surface area contributed by atoms with Gasteiger partial charge in [-0.1, -0.05) is 6.07 Å². The van der Waals surface area contributed by atoms with Crippen molar-refractivity contribution in [2.75, 3.05) is 31.1 Å². The zero-order valence-corrected chi connectivity index (χ0v) is 13.1. The molecule has 130 valence electrons. The number of rotatable bonds is 3. The van der Waals surface area contributed by atoms with Gasteiger partial charge in [0.1, 0.15) is 29.2 Å². The van der Waals surface area contributed by atoms with Gasteiger partial charge in [0.05, 0.1) is 4.92 Å². The van der Waals surface area contributed by atoms with E-state index in [-0.39, 0.29) is 18.8 Å². The van der Waals surface area contributed by atoms with E-state index in [2.05, 4.69) is 4.98 Å². The fourth-order valence-electron chi connectivity index (χ4n) is 2.67. The Morgan fingerprint density at radius 2 is 1.72 bits per heavy atom. The lowest BCUT2D eigenvalue weighted by Gasteiger charge is -2.35. The first-order valence-electron chi connectivity index (χ1n) is 7.56. The number of aromatic nitrogens is 1. The molecule has 1 saturated heterocycles. The van der Waals surface area contributed by atoms with Gasteiger partial charge in [0.25, 0.3) is 11.6 Å². The van der Waals surface area contributed by atoms with Crippen LogP contribution in [0.5, 0.6) is 0 Å². The molecule has 1 aromatic heterocycles. The number of piperazine rings is 1. The second kappa shape index (κ2) is 6.80. The highest BCUT2D eigenvalue weighted by molar-refractivity contribution is 5.95. The molecule has 2 heterocycles. The summed E-state index contributed by atoms with van der Waals surface area (Å²) in [5.41, 5.74) is -0.656. The minimum atomic E-state index is -0.885. The first-order chi connectivity index (χ1) is 12.0. The molecule has 0 bridgehead atoms. The van der Waals surface area contributed by atoms with Crippen LogP contribution in [0.25, 0.3) is 0 Å². The summed E-state index contributed by atoms with van der Waals surface area (Å²) in [4.78, 5) is 29.7. The van der Waals surface area contributed by atoms with Crippen molar-refractivity contribution in [1.82, 2.24) is 9.88 Å². The standard InChI is InChI=1S/C16H14F2N4O3/c17-12-2-1-3-13(18)15(12)16(23)21-8-6-20(7-9-21)14-5-4-11(10-19-14)22(24)25/h1-5,10H,6-9H2. The summed E-state index contributed by atoms with van der Waals surface area (Å²) in [5, 5.41) is 10.6. The molecule has 25 heavy (non-hydrogen) atoms. The highest BCUT2D eigenvalue weighted by Crippen LogP contribution is 2.20. The van der Waals surface area contributed by atoms with E-state index in [1.54, 1.807) is 0 Å². The van der Waals surface area contributed by atoms with Crippen molar-refractivity contribution in [3.05, 3.63) is 63.8 Å². The SMILES string of the molecule is O=C(c1c(F)cccc1F)N1CCN(c2ccc([N+](=O)[O-])cn2)CC1. The van der Waals surface area contributed by atoms with E-state index in [4.69, 9.17) is 0 Å². The summed E-state index contributed by atoms with van der Waals surface area (Å²) in [6, 6.07) is 6.20. The summed E-state index contributed by atoms with van der Waals surface area (Å²) in [6.45, 7) is 1.36. The second-order valence-electron chi connectivity index (χ2n) is 5.51. The van der Waals surface area contributed by atoms with Crippen LogP contribution in [0, 0.1) is 21.7 Å². The van der Waals surface area contributed by atoms with Crippen LogP contribution in [-0.2, 0) is 0 Å². The minimum Gasteiger partial charge on any atom is -0.353 e. The summed E-state index contributed by atoms with van der Waals surface area (Å²) in [5.74, 6) is -1.91. The number of hydrogen-bond donors (Lipinski definition) is 0.